The lowest BCUT2D eigenvalue weighted by Gasteiger charge is -2.12. The topological polar surface area (TPSA) is 45.0 Å². The summed E-state index contributed by atoms with van der Waals surface area (Å²) in [6, 6.07) is 2.35. The van der Waals surface area contributed by atoms with Crippen molar-refractivity contribution in [3.63, 3.8) is 0 Å². The molecule has 0 aliphatic carbocycles. The van der Waals surface area contributed by atoms with Gasteiger partial charge in [0.2, 0.25) is 0 Å². The molecule has 1 N–H and O–H groups in total. The number of halogens is 1. The molecule has 0 saturated carbocycles. The van der Waals surface area contributed by atoms with Crippen molar-refractivity contribution in [2.24, 2.45) is 0 Å². The second kappa shape index (κ2) is 9.70. The number of nitriles is 1. The van der Waals surface area contributed by atoms with Crippen LogP contribution in [0.3, 0.4) is 0 Å². The van der Waals surface area contributed by atoms with Gasteiger partial charge in [-0.3, -0.25) is 5.32 Å². The smallest absolute Gasteiger partial charge is 0.0843 e. The summed E-state index contributed by atoms with van der Waals surface area (Å²) in [6.07, 6.45) is 0.996. The Balaban J connectivity index is 0. The first-order valence-corrected chi connectivity index (χ1v) is 3.44. The number of hydrogen-bond donors (Lipinski definition) is 1. The van der Waals surface area contributed by atoms with Gasteiger partial charge in [-0.15, -0.1) is 12.4 Å². The van der Waals surface area contributed by atoms with E-state index in [0.29, 0.717) is 19.2 Å². The number of rotatable bonds is 5. The SMILES string of the molecule is CC[C@H](COC)NCC#N.Cl. The summed E-state index contributed by atoms with van der Waals surface area (Å²) >= 11 is 0. The Morgan fingerprint density at radius 3 is 2.64 bits per heavy atom. The zero-order valence-corrected chi connectivity index (χ0v) is 7.78. The van der Waals surface area contributed by atoms with Crippen LogP contribution in [0, 0.1) is 11.3 Å². The van der Waals surface area contributed by atoms with Crippen molar-refractivity contribution >= 4 is 12.4 Å². The van der Waals surface area contributed by atoms with Crippen molar-refractivity contribution < 1.29 is 4.74 Å². The Labute approximate surface area is 74.1 Å². The quantitative estimate of drug-likeness (QED) is 0.638. The van der Waals surface area contributed by atoms with Crippen LogP contribution in [-0.2, 0) is 4.74 Å². The molecule has 0 aromatic rings. The third-order valence-corrected chi connectivity index (χ3v) is 1.33. The number of ether oxygens (including phenoxy) is 1. The van der Waals surface area contributed by atoms with E-state index in [9.17, 15) is 0 Å². The molecule has 0 heterocycles. The highest BCUT2D eigenvalue weighted by atomic mass is 35.5. The second-order valence-electron chi connectivity index (χ2n) is 2.10. The fourth-order valence-corrected chi connectivity index (χ4v) is 0.712. The lowest BCUT2D eigenvalue weighted by molar-refractivity contribution is 0.166. The summed E-state index contributed by atoms with van der Waals surface area (Å²) in [7, 11) is 1.66. The molecular formula is C7H15ClN2O. The molecule has 0 rings (SSSR count). The van der Waals surface area contributed by atoms with Crippen LogP contribution in [0.15, 0.2) is 0 Å². The molecule has 0 unspecified atom stereocenters. The summed E-state index contributed by atoms with van der Waals surface area (Å²) in [5.74, 6) is 0. The maximum atomic E-state index is 8.23. The van der Waals surface area contributed by atoms with E-state index >= 15 is 0 Å². The maximum absolute atomic E-state index is 8.23. The third kappa shape index (κ3) is 7.60. The standard InChI is InChI=1S/C7H14N2O.ClH/c1-3-7(6-10-2)9-5-4-8;/h7,9H,3,5-6H2,1-2H3;1H/t7-;/m1./s1. The van der Waals surface area contributed by atoms with Crippen LogP contribution in [0.25, 0.3) is 0 Å². The van der Waals surface area contributed by atoms with Gasteiger partial charge in [0.15, 0.2) is 0 Å². The lowest BCUT2D eigenvalue weighted by atomic mass is 10.2. The maximum Gasteiger partial charge on any atom is 0.0843 e. The third-order valence-electron chi connectivity index (χ3n) is 1.33. The highest BCUT2D eigenvalue weighted by Gasteiger charge is 2.01. The molecular weight excluding hydrogens is 164 g/mol. The first-order chi connectivity index (χ1) is 4.85. The summed E-state index contributed by atoms with van der Waals surface area (Å²) in [5.41, 5.74) is 0. The van der Waals surface area contributed by atoms with Crippen LogP contribution < -0.4 is 5.32 Å². The second-order valence-corrected chi connectivity index (χ2v) is 2.10. The van der Waals surface area contributed by atoms with Gasteiger partial charge in [0, 0.05) is 13.2 Å². The highest BCUT2D eigenvalue weighted by Crippen LogP contribution is 1.89. The van der Waals surface area contributed by atoms with Gasteiger partial charge in [-0.25, -0.2) is 0 Å². The van der Waals surface area contributed by atoms with Crippen molar-refractivity contribution in [1.82, 2.24) is 5.32 Å². The average molecular weight is 179 g/mol. The molecule has 0 aliphatic heterocycles. The van der Waals surface area contributed by atoms with Crippen LogP contribution in [0.5, 0.6) is 0 Å². The molecule has 0 fully saturated rings. The summed E-state index contributed by atoms with van der Waals surface area (Å²) in [6.45, 7) is 3.15. The van der Waals surface area contributed by atoms with E-state index in [1.807, 2.05) is 6.07 Å². The predicted octanol–water partition coefficient (Wildman–Crippen LogP) is 0.946. The molecule has 4 heteroatoms. The highest BCUT2D eigenvalue weighted by molar-refractivity contribution is 5.85. The number of nitrogens with one attached hydrogen (secondary N) is 1. The molecule has 66 valence electrons. The monoisotopic (exact) mass is 178 g/mol. The molecule has 0 aromatic carbocycles. The van der Waals surface area contributed by atoms with Crippen molar-refractivity contribution in [2.45, 2.75) is 19.4 Å². The normalized spacial score (nSPS) is 11.4. The molecule has 0 saturated heterocycles. The predicted molar refractivity (Wildman–Crippen MR) is 46.8 cm³/mol. The number of hydrogen-bond acceptors (Lipinski definition) is 3. The molecule has 0 aliphatic rings. The minimum absolute atomic E-state index is 0. The van der Waals surface area contributed by atoms with Gasteiger partial charge in [0.1, 0.15) is 0 Å². The van der Waals surface area contributed by atoms with Gasteiger partial charge in [-0.1, -0.05) is 6.92 Å². The molecule has 0 aromatic heterocycles. The summed E-state index contributed by atoms with van der Waals surface area (Å²) < 4.78 is 4.92. The van der Waals surface area contributed by atoms with Crippen LogP contribution in [0.4, 0.5) is 0 Å². The van der Waals surface area contributed by atoms with Crippen LogP contribution in [0.1, 0.15) is 13.3 Å². The fourth-order valence-electron chi connectivity index (χ4n) is 0.712. The van der Waals surface area contributed by atoms with E-state index in [1.54, 1.807) is 7.11 Å². The molecule has 11 heavy (non-hydrogen) atoms. The van der Waals surface area contributed by atoms with E-state index in [4.69, 9.17) is 10.00 Å². The van der Waals surface area contributed by atoms with E-state index in [-0.39, 0.29) is 12.4 Å². The Hall–Kier alpha value is -0.300. The van der Waals surface area contributed by atoms with Crippen molar-refractivity contribution in [2.75, 3.05) is 20.3 Å². The number of methoxy groups -OCH3 is 1. The van der Waals surface area contributed by atoms with Crippen molar-refractivity contribution in [1.29, 1.82) is 5.26 Å². The molecule has 0 amide bonds. The van der Waals surface area contributed by atoms with Gasteiger partial charge in [-0.2, -0.15) is 5.26 Å². The Kier molecular flexibility index (Phi) is 11.7. The molecule has 0 radical (unpaired) electrons. The van der Waals surface area contributed by atoms with Crippen molar-refractivity contribution in [3.8, 4) is 6.07 Å². The lowest BCUT2D eigenvalue weighted by Crippen LogP contribution is -2.32. The Morgan fingerprint density at radius 1 is 1.64 bits per heavy atom. The summed E-state index contributed by atoms with van der Waals surface area (Å²) in [5, 5.41) is 11.3. The molecule has 1 atom stereocenters. The molecule has 3 nitrogen and oxygen atoms in total. The van der Waals surface area contributed by atoms with Crippen LogP contribution in [-0.4, -0.2) is 26.3 Å². The van der Waals surface area contributed by atoms with Gasteiger partial charge >= 0.3 is 0 Å². The number of nitrogens with zero attached hydrogens (tertiary/aromatic N) is 1. The van der Waals surface area contributed by atoms with Gasteiger partial charge < -0.3 is 4.74 Å². The van der Waals surface area contributed by atoms with Gasteiger partial charge in [0.25, 0.3) is 0 Å². The van der Waals surface area contributed by atoms with E-state index in [2.05, 4.69) is 12.2 Å². The van der Waals surface area contributed by atoms with Crippen LogP contribution >= 0.6 is 12.4 Å². The van der Waals surface area contributed by atoms with E-state index in [0.717, 1.165) is 6.42 Å². The first kappa shape index (κ1) is 13.3. The average Bonchev–Trinajstić information content (AvgIpc) is 1.98. The van der Waals surface area contributed by atoms with Crippen LogP contribution in [0.2, 0.25) is 0 Å². The minimum atomic E-state index is 0. The fraction of sp³-hybridized carbons (Fsp3) is 0.857. The minimum Gasteiger partial charge on any atom is -0.383 e. The Morgan fingerprint density at radius 2 is 2.27 bits per heavy atom. The zero-order chi connectivity index (χ0) is 7.82. The molecule has 0 spiro atoms. The van der Waals surface area contributed by atoms with E-state index < -0.39 is 0 Å². The van der Waals surface area contributed by atoms with Crippen molar-refractivity contribution in [3.05, 3.63) is 0 Å². The largest absolute Gasteiger partial charge is 0.383 e. The van der Waals surface area contributed by atoms with Gasteiger partial charge in [-0.05, 0) is 6.42 Å². The molecule has 0 bridgehead atoms. The Bertz CT molecular complexity index is 113. The van der Waals surface area contributed by atoms with E-state index in [1.165, 1.54) is 0 Å². The summed E-state index contributed by atoms with van der Waals surface area (Å²) in [4.78, 5) is 0. The van der Waals surface area contributed by atoms with Gasteiger partial charge in [0.05, 0.1) is 19.2 Å². The zero-order valence-electron chi connectivity index (χ0n) is 6.96. The first-order valence-electron chi connectivity index (χ1n) is 3.44.